The molecule has 85 valence electrons. The van der Waals surface area contributed by atoms with Crippen molar-refractivity contribution in [2.75, 3.05) is 4.90 Å². The second-order valence-corrected chi connectivity index (χ2v) is 3.46. The molecule has 1 radical (unpaired) electrons. The van der Waals surface area contributed by atoms with Gasteiger partial charge >= 0.3 is 6.41 Å². The van der Waals surface area contributed by atoms with Crippen LogP contribution in [-0.4, -0.2) is 16.6 Å². The first kappa shape index (κ1) is 11.0. The molecular weight excluding hydrogens is 218 g/mol. The Morgan fingerprint density at radius 2 is 1.12 bits per heavy atom. The van der Waals surface area contributed by atoms with E-state index in [1.807, 2.05) is 0 Å². The summed E-state index contributed by atoms with van der Waals surface area (Å²) in [6.45, 7) is 0. The van der Waals surface area contributed by atoms with Crippen LogP contribution >= 0.6 is 0 Å². The lowest BCUT2D eigenvalue weighted by molar-refractivity contribution is 0.475. The Hall–Kier alpha value is -2.49. The number of anilines is 2. The molecule has 4 heteroatoms. The third-order valence-corrected chi connectivity index (χ3v) is 2.31. The minimum Gasteiger partial charge on any atom is -0.508 e. The lowest BCUT2D eigenvalue weighted by atomic mass is 10.2. The van der Waals surface area contributed by atoms with Gasteiger partial charge in [-0.15, -0.1) is 0 Å². The van der Waals surface area contributed by atoms with Crippen molar-refractivity contribution in [3.05, 3.63) is 48.5 Å². The Balaban J connectivity index is 2.36. The van der Waals surface area contributed by atoms with Gasteiger partial charge in [0.15, 0.2) is 0 Å². The highest BCUT2D eigenvalue weighted by molar-refractivity contribution is 5.86. The summed E-state index contributed by atoms with van der Waals surface area (Å²) in [5.74, 6) is 0.260. The molecule has 2 N–H and O–H groups in total. The first-order valence-electron chi connectivity index (χ1n) is 4.96. The zero-order valence-corrected chi connectivity index (χ0v) is 8.87. The third-order valence-electron chi connectivity index (χ3n) is 2.31. The molecule has 2 aromatic carbocycles. The van der Waals surface area contributed by atoms with E-state index in [2.05, 4.69) is 0 Å². The van der Waals surface area contributed by atoms with Crippen molar-refractivity contribution in [2.45, 2.75) is 0 Å². The molecule has 0 atom stereocenters. The summed E-state index contributed by atoms with van der Waals surface area (Å²) in [6, 6.07) is 12.4. The highest BCUT2D eigenvalue weighted by Gasteiger charge is 2.08. The molecule has 0 unspecified atom stereocenters. The first-order chi connectivity index (χ1) is 8.20. The lowest BCUT2D eigenvalue weighted by Crippen LogP contribution is -2.13. The van der Waals surface area contributed by atoms with Crippen LogP contribution in [0.2, 0.25) is 0 Å². The van der Waals surface area contributed by atoms with Crippen molar-refractivity contribution in [3.63, 3.8) is 0 Å². The highest BCUT2D eigenvalue weighted by Crippen LogP contribution is 2.26. The van der Waals surface area contributed by atoms with E-state index in [4.69, 9.17) is 10.2 Å². The molecular formula is C13H10NO3. The molecule has 0 heterocycles. The fraction of sp³-hybridized carbons (Fsp3) is 0. The van der Waals surface area contributed by atoms with Crippen LogP contribution in [0.4, 0.5) is 11.4 Å². The van der Waals surface area contributed by atoms with Crippen LogP contribution in [0.15, 0.2) is 48.5 Å². The van der Waals surface area contributed by atoms with E-state index < -0.39 is 0 Å². The van der Waals surface area contributed by atoms with Gasteiger partial charge in [0.05, 0.1) is 0 Å². The van der Waals surface area contributed by atoms with E-state index in [9.17, 15) is 4.79 Å². The average Bonchev–Trinajstić information content (AvgIpc) is 2.35. The normalized spacial score (nSPS) is 9.88. The summed E-state index contributed by atoms with van der Waals surface area (Å²) in [5, 5.41) is 18.3. The molecule has 0 aliphatic carbocycles. The second-order valence-electron chi connectivity index (χ2n) is 3.46. The molecule has 0 fully saturated rings. The van der Waals surface area contributed by atoms with Crippen LogP contribution < -0.4 is 4.90 Å². The lowest BCUT2D eigenvalue weighted by Gasteiger charge is -2.16. The van der Waals surface area contributed by atoms with Gasteiger partial charge in [0.25, 0.3) is 0 Å². The summed E-state index contributed by atoms with van der Waals surface area (Å²) in [7, 11) is 0. The largest absolute Gasteiger partial charge is 0.508 e. The van der Waals surface area contributed by atoms with Gasteiger partial charge in [-0.05, 0) is 48.5 Å². The predicted molar refractivity (Wildman–Crippen MR) is 64.0 cm³/mol. The van der Waals surface area contributed by atoms with Gasteiger partial charge in [-0.25, -0.2) is 0 Å². The molecule has 0 aromatic heterocycles. The number of benzene rings is 2. The Labute approximate surface area is 98.4 Å². The van der Waals surface area contributed by atoms with Gasteiger partial charge < -0.3 is 10.2 Å². The molecule has 0 aliphatic rings. The molecule has 2 aromatic rings. The van der Waals surface area contributed by atoms with Crippen molar-refractivity contribution >= 4 is 17.8 Å². The number of aromatic hydroxyl groups is 2. The molecule has 0 saturated heterocycles. The van der Waals surface area contributed by atoms with Gasteiger partial charge in [0.1, 0.15) is 11.5 Å². The summed E-state index contributed by atoms with van der Waals surface area (Å²) in [5.41, 5.74) is 1.17. The van der Waals surface area contributed by atoms with E-state index >= 15 is 0 Å². The topological polar surface area (TPSA) is 60.8 Å². The molecule has 4 nitrogen and oxygen atoms in total. The summed E-state index contributed by atoms with van der Waals surface area (Å²) < 4.78 is 0. The molecule has 0 saturated carbocycles. The number of amides is 1. The maximum Gasteiger partial charge on any atom is 0.321 e. The van der Waals surface area contributed by atoms with E-state index in [-0.39, 0.29) is 11.5 Å². The Morgan fingerprint density at radius 1 is 0.765 bits per heavy atom. The summed E-state index contributed by atoms with van der Waals surface area (Å²) in [4.78, 5) is 12.2. The van der Waals surface area contributed by atoms with Crippen molar-refractivity contribution in [1.29, 1.82) is 0 Å². The van der Waals surface area contributed by atoms with E-state index in [0.717, 1.165) is 0 Å². The van der Waals surface area contributed by atoms with Crippen LogP contribution in [0.1, 0.15) is 0 Å². The average molecular weight is 228 g/mol. The molecule has 0 spiro atoms. The van der Waals surface area contributed by atoms with E-state index in [1.54, 1.807) is 30.7 Å². The number of hydrogen-bond donors (Lipinski definition) is 2. The van der Waals surface area contributed by atoms with Gasteiger partial charge in [-0.1, -0.05) is 0 Å². The van der Waals surface area contributed by atoms with Crippen molar-refractivity contribution < 1.29 is 15.0 Å². The predicted octanol–water partition coefficient (Wildman–Crippen LogP) is 2.30. The summed E-state index contributed by atoms with van der Waals surface area (Å²) >= 11 is 0. The fourth-order valence-electron chi connectivity index (χ4n) is 1.46. The number of phenols is 2. The van der Waals surface area contributed by atoms with Crippen LogP contribution in [0.5, 0.6) is 11.5 Å². The maximum absolute atomic E-state index is 11.0. The Morgan fingerprint density at radius 3 is 1.41 bits per heavy atom. The number of phenolic OH excluding ortho intramolecular Hbond substituents is 2. The van der Waals surface area contributed by atoms with Gasteiger partial charge in [0, 0.05) is 11.4 Å². The van der Waals surface area contributed by atoms with E-state index in [1.165, 1.54) is 29.2 Å². The Kier molecular flexibility index (Phi) is 2.96. The van der Waals surface area contributed by atoms with Crippen LogP contribution in [0.3, 0.4) is 0 Å². The van der Waals surface area contributed by atoms with Gasteiger partial charge in [0.2, 0.25) is 0 Å². The Bertz CT molecular complexity index is 460. The molecule has 17 heavy (non-hydrogen) atoms. The minimum absolute atomic E-state index is 0.130. The third kappa shape index (κ3) is 2.36. The smallest absolute Gasteiger partial charge is 0.321 e. The van der Waals surface area contributed by atoms with Crippen molar-refractivity contribution in [3.8, 4) is 11.5 Å². The zero-order valence-electron chi connectivity index (χ0n) is 8.87. The zero-order chi connectivity index (χ0) is 12.3. The molecule has 0 aliphatic heterocycles. The van der Waals surface area contributed by atoms with Gasteiger partial charge in [-0.2, -0.15) is 0 Å². The standard InChI is InChI=1S/C13H10NO3/c15-9-14(10-1-5-12(16)6-2-10)11-3-7-13(17)8-4-11/h1-8,16-17H. The summed E-state index contributed by atoms with van der Waals surface area (Å²) in [6.07, 6.45) is 1.79. The van der Waals surface area contributed by atoms with E-state index in [0.29, 0.717) is 11.4 Å². The minimum atomic E-state index is 0.130. The fourth-order valence-corrected chi connectivity index (χ4v) is 1.46. The second kappa shape index (κ2) is 4.57. The first-order valence-corrected chi connectivity index (χ1v) is 4.96. The monoisotopic (exact) mass is 228 g/mol. The highest BCUT2D eigenvalue weighted by atomic mass is 16.3. The number of hydrogen-bond acceptors (Lipinski definition) is 3. The van der Waals surface area contributed by atoms with Crippen LogP contribution in [0.25, 0.3) is 0 Å². The molecule has 1 amide bonds. The van der Waals surface area contributed by atoms with Crippen LogP contribution in [0, 0.1) is 0 Å². The SMILES string of the molecule is O=[C]N(c1ccc(O)cc1)c1ccc(O)cc1. The maximum atomic E-state index is 11.0. The number of rotatable bonds is 3. The van der Waals surface area contributed by atoms with Crippen molar-refractivity contribution in [1.82, 2.24) is 0 Å². The molecule has 0 bridgehead atoms. The number of carbonyl (C=O) groups excluding carboxylic acids is 1. The number of nitrogens with zero attached hydrogens (tertiary/aromatic N) is 1. The van der Waals surface area contributed by atoms with Gasteiger partial charge in [-0.3, -0.25) is 9.69 Å². The quantitative estimate of drug-likeness (QED) is 0.792. The van der Waals surface area contributed by atoms with Crippen molar-refractivity contribution in [2.24, 2.45) is 0 Å². The molecule has 2 rings (SSSR count). The van der Waals surface area contributed by atoms with Crippen LogP contribution in [-0.2, 0) is 4.79 Å².